The quantitative estimate of drug-likeness (QED) is 0.842. The lowest BCUT2D eigenvalue weighted by Crippen LogP contribution is -2.13. The van der Waals surface area contributed by atoms with Crippen LogP contribution in [0.15, 0.2) is 24.3 Å². The Kier molecular flexibility index (Phi) is 5.02. The van der Waals surface area contributed by atoms with Crippen molar-refractivity contribution in [1.82, 2.24) is 0 Å². The van der Waals surface area contributed by atoms with E-state index in [0.29, 0.717) is 6.10 Å². The van der Waals surface area contributed by atoms with Crippen molar-refractivity contribution in [3.8, 4) is 5.75 Å². The van der Waals surface area contributed by atoms with Gasteiger partial charge in [-0.15, -0.1) is 0 Å². The first kappa shape index (κ1) is 13.4. The Hall–Kier alpha value is -1.06. The number of para-hydroxylation sites is 1. The second-order valence-corrected chi connectivity index (χ2v) is 4.91. The largest absolute Gasteiger partial charge is 0.496 e. The van der Waals surface area contributed by atoms with Crippen LogP contribution in [0.1, 0.15) is 43.7 Å². The Morgan fingerprint density at radius 3 is 3.00 bits per heavy atom. The molecule has 2 N–H and O–H groups in total. The molecule has 100 valence electrons. The molecule has 0 saturated carbocycles. The van der Waals surface area contributed by atoms with Crippen LogP contribution in [0.25, 0.3) is 0 Å². The molecule has 1 fully saturated rings. The van der Waals surface area contributed by atoms with Crippen LogP contribution in [0.4, 0.5) is 0 Å². The maximum Gasteiger partial charge on any atom is 0.123 e. The SMILES string of the molecule is COc1ccccc1C(N)CCCC1CCCO1. The number of hydrogen-bond donors (Lipinski definition) is 1. The average molecular weight is 249 g/mol. The topological polar surface area (TPSA) is 44.5 Å². The zero-order chi connectivity index (χ0) is 12.8. The third-order valence-corrected chi connectivity index (χ3v) is 3.60. The molecule has 18 heavy (non-hydrogen) atoms. The molecule has 1 aromatic rings. The van der Waals surface area contributed by atoms with Crippen LogP contribution in [0.2, 0.25) is 0 Å². The first-order valence-electron chi connectivity index (χ1n) is 6.81. The van der Waals surface area contributed by atoms with Crippen LogP contribution in [-0.2, 0) is 4.74 Å². The Morgan fingerprint density at radius 1 is 1.44 bits per heavy atom. The van der Waals surface area contributed by atoms with E-state index in [0.717, 1.165) is 37.2 Å². The van der Waals surface area contributed by atoms with Gasteiger partial charge in [0.2, 0.25) is 0 Å². The predicted molar refractivity (Wildman–Crippen MR) is 72.7 cm³/mol. The highest BCUT2D eigenvalue weighted by atomic mass is 16.5. The number of methoxy groups -OCH3 is 1. The molecule has 1 aliphatic heterocycles. The highest BCUT2D eigenvalue weighted by Crippen LogP contribution is 2.27. The summed E-state index contributed by atoms with van der Waals surface area (Å²) in [6.45, 7) is 0.934. The third kappa shape index (κ3) is 3.47. The summed E-state index contributed by atoms with van der Waals surface area (Å²) in [6, 6.07) is 8.06. The molecule has 0 aromatic heterocycles. The summed E-state index contributed by atoms with van der Waals surface area (Å²) < 4.78 is 11.0. The normalized spacial score (nSPS) is 20.9. The van der Waals surface area contributed by atoms with E-state index in [4.69, 9.17) is 15.2 Å². The molecule has 0 radical (unpaired) electrons. The van der Waals surface area contributed by atoms with Gasteiger partial charge in [0.05, 0.1) is 13.2 Å². The van der Waals surface area contributed by atoms with Crippen molar-refractivity contribution in [1.29, 1.82) is 0 Å². The van der Waals surface area contributed by atoms with Gasteiger partial charge in [-0.1, -0.05) is 18.2 Å². The van der Waals surface area contributed by atoms with Crippen LogP contribution < -0.4 is 10.5 Å². The molecule has 0 spiro atoms. The maximum atomic E-state index is 6.24. The van der Waals surface area contributed by atoms with Crippen molar-refractivity contribution >= 4 is 0 Å². The molecule has 1 aromatic carbocycles. The summed E-state index contributed by atoms with van der Waals surface area (Å²) in [6.07, 6.45) is 6.12. The minimum atomic E-state index is 0.0579. The molecule has 3 nitrogen and oxygen atoms in total. The molecule has 1 aliphatic rings. The number of rotatable bonds is 6. The van der Waals surface area contributed by atoms with Crippen LogP contribution in [0.3, 0.4) is 0 Å². The van der Waals surface area contributed by atoms with Crippen molar-refractivity contribution in [2.24, 2.45) is 5.73 Å². The molecular weight excluding hydrogens is 226 g/mol. The highest BCUT2D eigenvalue weighted by Gasteiger charge is 2.16. The molecule has 0 bridgehead atoms. The molecule has 1 saturated heterocycles. The zero-order valence-corrected chi connectivity index (χ0v) is 11.1. The second-order valence-electron chi connectivity index (χ2n) is 4.91. The summed E-state index contributed by atoms with van der Waals surface area (Å²) >= 11 is 0. The van der Waals surface area contributed by atoms with Gasteiger partial charge in [-0.2, -0.15) is 0 Å². The van der Waals surface area contributed by atoms with E-state index >= 15 is 0 Å². The smallest absolute Gasteiger partial charge is 0.123 e. The molecule has 2 atom stereocenters. The monoisotopic (exact) mass is 249 g/mol. The molecule has 3 heteroatoms. The molecule has 1 heterocycles. The standard InChI is InChI=1S/C15H23NO2/c1-17-15-10-3-2-8-13(15)14(16)9-4-6-12-7-5-11-18-12/h2-3,8,10,12,14H,4-7,9,11,16H2,1H3. The lowest BCUT2D eigenvalue weighted by atomic mass is 9.99. The van der Waals surface area contributed by atoms with Gasteiger partial charge in [0.15, 0.2) is 0 Å². The number of hydrogen-bond acceptors (Lipinski definition) is 3. The molecule has 0 amide bonds. The average Bonchev–Trinajstić information content (AvgIpc) is 2.91. The van der Waals surface area contributed by atoms with Gasteiger partial charge in [0.1, 0.15) is 5.75 Å². The molecule has 2 rings (SSSR count). The predicted octanol–water partition coefficient (Wildman–Crippen LogP) is 3.04. The van der Waals surface area contributed by atoms with Crippen molar-refractivity contribution < 1.29 is 9.47 Å². The van der Waals surface area contributed by atoms with E-state index in [1.54, 1.807) is 7.11 Å². The Labute approximate surface area is 109 Å². The number of benzene rings is 1. The van der Waals surface area contributed by atoms with E-state index in [1.165, 1.54) is 12.8 Å². The van der Waals surface area contributed by atoms with Crippen LogP contribution >= 0.6 is 0 Å². The molecule has 0 aliphatic carbocycles. The highest BCUT2D eigenvalue weighted by molar-refractivity contribution is 5.35. The lowest BCUT2D eigenvalue weighted by molar-refractivity contribution is 0.101. The van der Waals surface area contributed by atoms with Crippen molar-refractivity contribution in [3.63, 3.8) is 0 Å². The van der Waals surface area contributed by atoms with Gasteiger partial charge in [0, 0.05) is 18.2 Å². The first-order chi connectivity index (χ1) is 8.81. The maximum absolute atomic E-state index is 6.24. The van der Waals surface area contributed by atoms with Gasteiger partial charge in [-0.25, -0.2) is 0 Å². The van der Waals surface area contributed by atoms with Gasteiger partial charge in [-0.3, -0.25) is 0 Å². The Balaban J connectivity index is 1.81. The van der Waals surface area contributed by atoms with Crippen molar-refractivity contribution in [3.05, 3.63) is 29.8 Å². The van der Waals surface area contributed by atoms with Gasteiger partial charge >= 0.3 is 0 Å². The van der Waals surface area contributed by atoms with Crippen molar-refractivity contribution in [2.45, 2.75) is 44.2 Å². The summed E-state index contributed by atoms with van der Waals surface area (Å²) in [5, 5.41) is 0. The van der Waals surface area contributed by atoms with Gasteiger partial charge < -0.3 is 15.2 Å². The molecule has 2 unspecified atom stereocenters. The lowest BCUT2D eigenvalue weighted by Gasteiger charge is -2.16. The Bertz CT molecular complexity index is 361. The van der Waals surface area contributed by atoms with Gasteiger partial charge in [0.25, 0.3) is 0 Å². The van der Waals surface area contributed by atoms with E-state index in [2.05, 4.69) is 6.07 Å². The van der Waals surface area contributed by atoms with Crippen LogP contribution in [0.5, 0.6) is 5.75 Å². The fraction of sp³-hybridized carbons (Fsp3) is 0.600. The van der Waals surface area contributed by atoms with Crippen molar-refractivity contribution in [2.75, 3.05) is 13.7 Å². The van der Waals surface area contributed by atoms with Gasteiger partial charge in [-0.05, 0) is 38.2 Å². The summed E-state index contributed by atoms with van der Waals surface area (Å²) in [5.74, 6) is 0.891. The van der Waals surface area contributed by atoms with E-state index in [9.17, 15) is 0 Å². The Morgan fingerprint density at radius 2 is 2.28 bits per heavy atom. The fourth-order valence-corrected chi connectivity index (χ4v) is 2.57. The third-order valence-electron chi connectivity index (χ3n) is 3.60. The summed E-state index contributed by atoms with van der Waals surface area (Å²) in [5.41, 5.74) is 7.34. The minimum absolute atomic E-state index is 0.0579. The van der Waals surface area contributed by atoms with Crippen LogP contribution in [-0.4, -0.2) is 19.8 Å². The number of ether oxygens (including phenoxy) is 2. The van der Waals surface area contributed by atoms with E-state index in [1.807, 2.05) is 18.2 Å². The molecular formula is C15H23NO2. The van der Waals surface area contributed by atoms with E-state index in [-0.39, 0.29) is 6.04 Å². The summed E-state index contributed by atoms with van der Waals surface area (Å²) in [7, 11) is 1.69. The zero-order valence-electron chi connectivity index (χ0n) is 11.1. The summed E-state index contributed by atoms with van der Waals surface area (Å²) in [4.78, 5) is 0. The second kappa shape index (κ2) is 6.76. The van der Waals surface area contributed by atoms with E-state index < -0.39 is 0 Å². The first-order valence-corrected chi connectivity index (χ1v) is 6.81. The van der Waals surface area contributed by atoms with Crippen LogP contribution in [0, 0.1) is 0 Å². The fourth-order valence-electron chi connectivity index (χ4n) is 2.57. The minimum Gasteiger partial charge on any atom is -0.496 e. The number of nitrogens with two attached hydrogens (primary N) is 1.